The minimum Gasteiger partial charge on any atom is -0.489 e. The van der Waals surface area contributed by atoms with Crippen LogP contribution in [0.4, 0.5) is 0 Å². The summed E-state index contributed by atoms with van der Waals surface area (Å²) in [7, 11) is 0. The third-order valence-electron chi connectivity index (χ3n) is 4.98. The van der Waals surface area contributed by atoms with Gasteiger partial charge in [0.15, 0.2) is 0 Å². The molecule has 7 heteroatoms. The van der Waals surface area contributed by atoms with Crippen molar-refractivity contribution >= 4 is 21.4 Å². The van der Waals surface area contributed by atoms with Gasteiger partial charge in [0, 0.05) is 9.58 Å². The van der Waals surface area contributed by atoms with Crippen molar-refractivity contribution in [2.45, 2.75) is 37.1 Å². The highest BCUT2D eigenvalue weighted by molar-refractivity contribution is 7.19. The van der Waals surface area contributed by atoms with Gasteiger partial charge in [-0.25, -0.2) is 0 Å². The van der Waals surface area contributed by atoms with Crippen LogP contribution in [0.3, 0.4) is 0 Å². The molecule has 0 radical (unpaired) electrons. The summed E-state index contributed by atoms with van der Waals surface area (Å²) in [6.45, 7) is -0.0469. The minimum absolute atomic E-state index is 0.395. The summed E-state index contributed by atoms with van der Waals surface area (Å²) >= 11 is 1.44. The number of ether oxygens (including phenoxy) is 2. The molecule has 1 saturated heterocycles. The second-order valence-corrected chi connectivity index (χ2v) is 7.94. The van der Waals surface area contributed by atoms with Gasteiger partial charge in [-0.15, -0.1) is 11.3 Å². The molecule has 3 aromatic rings. The molecule has 1 aliphatic heterocycles. The number of thiophene rings is 1. The van der Waals surface area contributed by atoms with Gasteiger partial charge in [0.1, 0.15) is 42.9 Å². The molecule has 0 unspecified atom stereocenters. The van der Waals surface area contributed by atoms with E-state index in [1.165, 1.54) is 11.3 Å². The second kappa shape index (κ2) is 8.16. The molecule has 4 N–H and O–H groups in total. The quantitative estimate of drug-likeness (QED) is 0.521. The van der Waals surface area contributed by atoms with Gasteiger partial charge < -0.3 is 29.9 Å². The molecule has 0 aliphatic carbocycles. The summed E-state index contributed by atoms with van der Waals surface area (Å²) in [5.41, 5.74) is 0.994. The standard InChI is InChI=1S/C21H22O6S/c22-10-15-18(23)19(24)20(25)21(27-15)17-9-14-12(5-4-8-16(14)28-17)11-26-13-6-2-1-3-7-13/h1-9,15,18-25H,10-11H2/t15-,18-,19+,20-,21+/m1/s1. The second-order valence-electron chi connectivity index (χ2n) is 6.83. The third kappa shape index (κ3) is 3.65. The zero-order valence-corrected chi connectivity index (χ0v) is 15.8. The molecule has 1 aromatic heterocycles. The molecule has 2 aromatic carbocycles. The fraction of sp³-hybridized carbons (Fsp3) is 0.333. The molecular weight excluding hydrogens is 380 g/mol. The number of aliphatic hydroxyl groups excluding tert-OH is 4. The first-order valence-corrected chi connectivity index (χ1v) is 9.90. The maximum absolute atomic E-state index is 10.4. The van der Waals surface area contributed by atoms with E-state index in [0.717, 1.165) is 26.3 Å². The average Bonchev–Trinajstić information content (AvgIpc) is 3.16. The lowest BCUT2D eigenvalue weighted by molar-refractivity contribution is -0.230. The average molecular weight is 402 g/mol. The fourth-order valence-corrected chi connectivity index (χ4v) is 4.61. The van der Waals surface area contributed by atoms with E-state index >= 15 is 0 Å². The van der Waals surface area contributed by atoms with Crippen LogP contribution >= 0.6 is 11.3 Å². The Morgan fingerprint density at radius 2 is 1.71 bits per heavy atom. The molecule has 28 heavy (non-hydrogen) atoms. The van der Waals surface area contributed by atoms with Crippen LogP contribution in [-0.2, 0) is 11.3 Å². The topological polar surface area (TPSA) is 99.4 Å². The van der Waals surface area contributed by atoms with Crippen molar-refractivity contribution in [2.75, 3.05) is 6.61 Å². The van der Waals surface area contributed by atoms with E-state index in [1.54, 1.807) is 0 Å². The van der Waals surface area contributed by atoms with Crippen molar-refractivity contribution < 1.29 is 29.9 Å². The van der Waals surface area contributed by atoms with Crippen molar-refractivity contribution in [2.24, 2.45) is 0 Å². The molecule has 5 atom stereocenters. The summed E-state index contributed by atoms with van der Waals surface area (Å²) in [4.78, 5) is 0.721. The van der Waals surface area contributed by atoms with Gasteiger partial charge in [0.2, 0.25) is 0 Å². The Morgan fingerprint density at radius 1 is 0.929 bits per heavy atom. The first kappa shape index (κ1) is 19.3. The largest absolute Gasteiger partial charge is 0.489 e. The predicted octanol–water partition coefficient (Wildman–Crippen LogP) is 2.00. The lowest BCUT2D eigenvalue weighted by Crippen LogP contribution is -2.55. The Morgan fingerprint density at radius 3 is 2.46 bits per heavy atom. The lowest BCUT2D eigenvalue weighted by atomic mass is 9.94. The van der Waals surface area contributed by atoms with E-state index in [0.29, 0.717) is 6.61 Å². The molecule has 0 amide bonds. The van der Waals surface area contributed by atoms with Gasteiger partial charge in [-0.05, 0) is 35.2 Å². The van der Waals surface area contributed by atoms with E-state index in [4.69, 9.17) is 9.47 Å². The first-order chi connectivity index (χ1) is 13.6. The third-order valence-corrected chi connectivity index (χ3v) is 6.14. The van der Waals surface area contributed by atoms with Crippen molar-refractivity contribution in [1.29, 1.82) is 0 Å². The van der Waals surface area contributed by atoms with Gasteiger partial charge in [-0.2, -0.15) is 0 Å². The van der Waals surface area contributed by atoms with Gasteiger partial charge in [-0.1, -0.05) is 30.3 Å². The van der Waals surface area contributed by atoms with Crippen LogP contribution in [0.15, 0.2) is 54.6 Å². The number of aliphatic hydroxyl groups is 4. The summed E-state index contributed by atoms with van der Waals surface area (Å²) in [6, 6.07) is 17.4. The van der Waals surface area contributed by atoms with Crippen molar-refractivity contribution in [3.63, 3.8) is 0 Å². The van der Waals surface area contributed by atoms with E-state index in [2.05, 4.69) is 0 Å². The zero-order valence-electron chi connectivity index (χ0n) is 15.0. The van der Waals surface area contributed by atoms with Crippen LogP contribution in [0.25, 0.3) is 10.1 Å². The van der Waals surface area contributed by atoms with Crippen LogP contribution in [0, 0.1) is 0 Å². The molecule has 2 heterocycles. The maximum atomic E-state index is 10.4. The normalized spacial score (nSPS) is 27.8. The lowest BCUT2D eigenvalue weighted by Gasteiger charge is -2.39. The summed E-state index contributed by atoms with van der Waals surface area (Å²) in [6.07, 6.45) is -5.78. The number of para-hydroxylation sites is 1. The zero-order chi connectivity index (χ0) is 19.7. The molecule has 1 fully saturated rings. The van der Waals surface area contributed by atoms with E-state index in [-0.39, 0.29) is 0 Å². The molecule has 4 rings (SSSR count). The van der Waals surface area contributed by atoms with Gasteiger partial charge in [-0.3, -0.25) is 0 Å². The SMILES string of the molecule is OC[C@H]1O[C@@H](c2cc3c(COc4ccccc4)cccc3s2)[C@H](O)[C@@H](O)[C@@H]1O. The van der Waals surface area contributed by atoms with E-state index in [9.17, 15) is 20.4 Å². The molecule has 0 saturated carbocycles. The number of fused-ring (bicyclic) bond motifs is 1. The summed E-state index contributed by atoms with van der Waals surface area (Å²) < 4.78 is 12.5. The van der Waals surface area contributed by atoms with E-state index < -0.39 is 37.1 Å². The molecular formula is C21H22O6S. The molecule has 1 aliphatic rings. The summed E-state index contributed by atoms with van der Waals surface area (Å²) in [5.74, 6) is 0.781. The summed E-state index contributed by atoms with van der Waals surface area (Å²) in [5, 5.41) is 40.8. The highest BCUT2D eigenvalue weighted by Gasteiger charge is 2.44. The number of hydrogen-bond acceptors (Lipinski definition) is 7. The Labute approximate surface area is 166 Å². The van der Waals surface area contributed by atoms with Crippen molar-refractivity contribution in [1.82, 2.24) is 0 Å². The molecule has 6 nitrogen and oxygen atoms in total. The molecule has 0 bridgehead atoms. The first-order valence-electron chi connectivity index (χ1n) is 9.08. The number of rotatable bonds is 5. The van der Waals surface area contributed by atoms with Gasteiger partial charge in [0.05, 0.1) is 6.61 Å². The highest BCUT2D eigenvalue weighted by Crippen LogP contribution is 2.39. The fourth-order valence-electron chi connectivity index (χ4n) is 3.42. The van der Waals surface area contributed by atoms with Crippen molar-refractivity contribution in [3.8, 4) is 5.75 Å². The monoisotopic (exact) mass is 402 g/mol. The molecule has 0 spiro atoms. The van der Waals surface area contributed by atoms with Crippen LogP contribution in [0.1, 0.15) is 16.5 Å². The Bertz CT molecular complexity index is 925. The Kier molecular flexibility index (Phi) is 5.63. The number of hydrogen-bond donors (Lipinski definition) is 4. The Balaban J connectivity index is 1.61. The van der Waals surface area contributed by atoms with Crippen LogP contribution in [-0.4, -0.2) is 51.4 Å². The highest BCUT2D eigenvalue weighted by atomic mass is 32.1. The molecule has 148 valence electrons. The number of benzene rings is 2. The van der Waals surface area contributed by atoms with Crippen LogP contribution < -0.4 is 4.74 Å². The van der Waals surface area contributed by atoms with Gasteiger partial charge in [0.25, 0.3) is 0 Å². The van der Waals surface area contributed by atoms with Crippen molar-refractivity contribution in [3.05, 3.63) is 65.0 Å². The van der Waals surface area contributed by atoms with Crippen LogP contribution in [0.5, 0.6) is 5.75 Å². The maximum Gasteiger partial charge on any atom is 0.121 e. The van der Waals surface area contributed by atoms with Gasteiger partial charge >= 0.3 is 0 Å². The van der Waals surface area contributed by atoms with E-state index in [1.807, 2.05) is 54.6 Å². The smallest absolute Gasteiger partial charge is 0.121 e. The minimum atomic E-state index is -1.39. The Hall–Kier alpha value is -2.00. The predicted molar refractivity (Wildman–Crippen MR) is 105 cm³/mol. The van der Waals surface area contributed by atoms with Crippen LogP contribution in [0.2, 0.25) is 0 Å².